The second-order valence-electron chi connectivity index (χ2n) is 4.82. The lowest BCUT2D eigenvalue weighted by Gasteiger charge is -2.34. The molecule has 2 nitrogen and oxygen atoms in total. The molecule has 0 fully saturated rings. The van der Waals surface area contributed by atoms with Crippen molar-refractivity contribution in [2.24, 2.45) is 0 Å². The number of hydrogen-bond donors (Lipinski definition) is 1. The van der Waals surface area contributed by atoms with E-state index in [-0.39, 0.29) is 5.60 Å². The molecule has 1 atom stereocenters. The minimum Gasteiger partial charge on any atom is -0.512 e. The maximum absolute atomic E-state index is 9.63. The second-order valence-corrected chi connectivity index (χ2v) is 4.82. The summed E-state index contributed by atoms with van der Waals surface area (Å²) in [5.41, 5.74) is 0.947. The fourth-order valence-corrected chi connectivity index (χ4v) is 2.19. The van der Waals surface area contributed by atoms with Crippen molar-refractivity contribution in [3.05, 3.63) is 60.1 Å². The average molecular weight is 230 g/mol. The van der Waals surface area contributed by atoms with Crippen LogP contribution in [0.4, 0.5) is 0 Å². The number of aliphatic hydroxyl groups is 1. The van der Waals surface area contributed by atoms with Crippen molar-refractivity contribution in [1.82, 2.24) is 0 Å². The van der Waals surface area contributed by atoms with Crippen molar-refractivity contribution in [3.8, 4) is 0 Å². The molecule has 0 spiro atoms. The van der Waals surface area contributed by atoms with Crippen molar-refractivity contribution in [2.45, 2.75) is 31.8 Å². The van der Waals surface area contributed by atoms with Crippen LogP contribution in [0.5, 0.6) is 0 Å². The molecule has 0 radical (unpaired) electrons. The summed E-state index contributed by atoms with van der Waals surface area (Å²) in [4.78, 5) is 0. The van der Waals surface area contributed by atoms with E-state index in [1.807, 2.05) is 25.1 Å². The molecule has 90 valence electrons. The number of allylic oxidation sites excluding steroid dienone is 1. The standard InChI is InChI=1S/C15H18O2/c1-12-10-14(16)11-15(2,17-12)9-8-13-6-4-3-5-7-13/h3-7,10,16H,1,8-9,11H2,2H3. The van der Waals surface area contributed by atoms with Crippen LogP contribution in [0.1, 0.15) is 25.3 Å². The molecule has 2 rings (SSSR count). The van der Waals surface area contributed by atoms with Crippen LogP contribution in [0.25, 0.3) is 0 Å². The number of benzene rings is 1. The van der Waals surface area contributed by atoms with Gasteiger partial charge in [0.05, 0.1) is 5.76 Å². The molecule has 1 N–H and O–H groups in total. The van der Waals surface area contributed by atoms with Gasteiger partial charge in [0.15, 0.2) is 0 Å². The van der Waals surface area contributed by atoms with Crippen molar-refractivity contribution in [3.63, 3.8) is 0 Å². The normalized spacial score (nSPS) is 24.1. The summed E-state index contributed by atoms with van der Waals surface area (Å²) in [5, 5.41) is 9.63. The molecule has 1 aliphatic rings. The molecule has 0 amide bonds. The molecule has 0 aromatic heterocycles. The molecule has 1 heterocycles. The summed E-state index contributed by atoms with van der Waals surface area (Å²) >= 11 is 0. The van der Waals surface area contributed by atoms with Gasteiger partial charge in [-0.25, -0.2) is 0 Å². The first kappa shape index (κ1) is 11.8. The molecule has 1 aromatic rings. The fraction of sp³-hybridized carbons (Fsp3) is 0.333. The minimum atomic E-state index is -0.342. The molecule has 17 heavy (non-hydrogen) atoms. The Labute approximate surface area is 102 Å². The predicted molar refractivity (Wildman–Crippen MR) is 68.7 cm³/mol. The molecule has 0 saturated heterocycles. The summed E-state index contributed by atoms with van der Waals surface area (Å²) in [5.74, 6) is 0.904. The Morgan fingerprint density at radius 3 is 2.71 bits per heavy atom. The highest BCUT2D eigenvalue weighted by atomic mass is 16.5. The van der Waals surface area contributed by atoms with Crippen LogP contribution in [0.3, 0.4) is 0 Å². The number of aliphatic hydroxyl groups excluding tert-OH is 1. The van der Waals surface area contributed by atoms with Gasteiger partial charge in [0.25, 0.3) is 0 Å². The molecular formula is C15H18O2. The van der Waals surface area contributed by atoms with E-state index in [9.17, 15) is 5.11 Å². The predicted octanol–water partition coefficient (Wildman–Crippen LogP) is 3.75. The van der Waals surface area contributed by atoms with Crippen LogP contribution in [0, 0.1) is 0 Å². The summed E-state index contributed by atoms with van der Waals surface area (Å²) in [7, 11) is 0. The van der Waals surface area contributed by atoms with E-state index < -0.39 is 0 Å². The Kier molecular flexibility index (Phi) is 3.23. The van der Waals surface area contributed by atoms with Gasteiger partial charge in [-0.05, 0) is 25.3 Å². The number of aryl methyl sites for hydroxylation is 1. The lowest BCUT2D eigenvalue weighted by atomic mass is 9.91. The highest BCUT2D eigenvalue weighted by molar-refractivity contribution is 5.19. The smallest absolute Gasteiger partial charge is 0.116 e. The van der Waals surface area contributed by atoms with E-state index in [1.54, 1.807) is 6.08 Å². The van der Waals surface area contributed by atoms with Crippen LogP contribution in [-0.2, 0) is 11.2 Å². The van der Waals surface area contributed by atoms with E-state index in [4.69, 9.17) is 4.74 Å². The zero-order valence-electron chi connectivity index (χ0n) is 10.1. The highest BCUT2D eigenvalue weighted by Gasteiger charge is 2.31. The first-order valence-electron chi connectivity index (χ1n) is 5.89. The van der Waals surface area contributed by atoms with Gasteiger partial charge in [-0.15, -0.1) is 0 Å². The van der Waals surface area contributed by atoms with E-state index in [0.717, 1.165) is 12.8 Å². The van der Waals surface area contributed by atoms with Crippen molar-refractivity contribution in [1.29, 1.82) is 0 Å². The summed E-state index contributed by atoms with van der Waals surface area (Å²) in [6.07, 6.45) is 3.95. The van der Waals surface area contributed by atoms with Crippen molar-refractivity contribution in [2.75, 3.05) is 0 Å². The summed E-state index contributed by atoms with van der Waals surface area (Å²) in [6, 6.07) is 10.3. The second kappa shape index (κ2) is 4.66. The summed E-state index contributed by atoms with van der Waals surface area (Å²) in [6.45, 7) is 5.77. The third kappa shape index (κ3) is 3.13. The highest BCUT2D eigenvalue weighted by Crippen LogP contribution is 2.32. The largest absolute Gasteiger partial charge is 0.512 e. The lowest BCUT2D eigenvalue weighted by molar-refractivity contribution is -0.000441. The first-order chi connectivity index (χ1) is 8.07. The molecule has 0 aliphatic carbocycles. The molecule has 2 heteroatoms. The van der Waals surface area contributed by atoms with Gasteiger partial charge in [0.1, 0.15) is 11.4 Å². The van der Waals surface area contributed by atoms with E-state index >= 15 is 0 Å². The summed E-state index contributed by atoms with van der Waals surface area (Å²) < 4.78 is 5.74. The molecule has 0 saturated carbocycles. The lowest BCUT2D eigenvalue weighted by Crippen LogP contribution is -2.32. The molecule has 0 bridgehead atoms. The van der Waals surface area contributed by atoms with Gasteiger partial charge in [-0.3, -0.25) is 0 Å². The Hall–Kier alpha value is -1.70. The first-order valence-corrected chi connectivity index (χ1v) is 5.89. The minimum absolute atomic E-state index is 0.342. The van der Waals surface area contributed by atoms with Crippen LogP contribution in [-0.4, -0.2) is 10.7 Å². The van der Waals surface area contributed by atoms with Gasteiger partial charge < -0.3 is 9.84 Å². The number of ether oxygens (including phenoxy) is 1. The Morgan fingerprint density at radius 2 is 2.06 bits per heavy atom. The molecule has 1 aliphatic heterocycles. The van der Waals surface area contributed by atoms with Crippen LogP contribution in [0.15, 0.2) is 54.5 Å². The fourth-order valence-electron chi connectivity index (χ4n) is 2.19. The Bertz CT molecular complexity index is 433. The zero-order valence-corrected chi connectivity index (χ0v) is 10.1. The van der Waals surface area contributed by atoms with Crippen molar-refractivity contribution < 1.29 is 9.84 Å². The van der Waals surface area contributed by atoms with Gasteiger partial charge in [-0.2, -0.15) is 0 Å². The van der Waals surface area contributed by atoms with Crippen LogP contribution in [0.2, 0.25) is 0 Å². The maximum Gasteiger partial charge on any atom is 0.116 e. The Morgan fingerprint density at radius 1 is 1.35 bits per heavy atom. The SMILES string of the molecule is C=C1C=C(O)CC(C)(CCc2ccccc2)O1. The van der Waals surface area contributed by atoms with E-state index in [0.29, 0.717) is 17.9 Å². The van der Waals surface area contributed by atoms with Crippen LogP contribution >= 0.6 is 0 Å². The van der Waals surface area contributed by atoms with Gasteiger partial charge in [-0.1, -0.05) is 36.9 Å². The van der Waals surface area contributed by atoms with Crippen LogP contribution < -0.4 is 0 Å². The third-order valence-electron chi connectivity index (χ3n) is 3.05. The quantitative estimate of drug-likeness (QED) is 0.856. The van der Waals surface area contributed by atoms with Gasteiger partial charge in [0.2, 0.25) is 0 Å². The topological polar surface area (TPSA) is 29.5 Å². The molecular weight excluding hydrogens is 212 g/mol. The zero-order chi connectivity index (χ0) is 12.3. The maximum atomic E-state index is 9.63. The monoisotopic (exact) mass is 230 g/mol. The third-order valence-corrected chi connectivity index (χ3v) is 3.05. The Balaban J connectivity index is 1.99. The molecule has 1 aromatic carbocycles. The number of rotatable bonds is 3. The average Bonchev–Trinajstić information content (AvgIpc) is 2.26. The van der Waals surface area contributed by atoms with Gasteiger partial charge >= 0.3 is 0 Å². The van der Waals surface area contributed by atoms with Crippen molar-refractivity contribution >= 4 is 0 Å². The molecule has 1 unspecified atom stereocenters. The van der Waals surface area contributed by atoms with Gasteiger partial charge in [0, 0.05) is 12.5 Å². The van der Waals surface area contributed by atoms with E-state index in [2.05, 4.69) is 18.7 Å². The van der Waals surface area contributed by atoms with E-state index in [1.165, 1.54) is 5.56 Å². The number of hydrogen-bond acceptors (Lipinski definition) is 2.